The first-order chi connectivity index (χ1) is 10.0. The fraction of sp³-hybridized carbons (Fsp3) is 0.0769. The fourth-order valence-corrected chi connectivity index (χ4v) is 2.58. The Morgan fingerprint density at radius 2 is 2.05 bits per heavy atom. The molecule has 0 saturated heterocycles. The van der Waals surface area contributed by atoms with Crippen LogP contribution < -0.4 is 4.74 Å². The number of methoxy groups -OCH3 is 1. The van der Waals surface area contributed by atoms with Crippen LogP contribution in [0.4, 0.5) is 5.69 Å². The predicted octanol–water partition coefficient (Wildman–Crippen LogP) is 2.85. The van der Waals surface area contributed by atoms with Gasteiger partial charge in [0.15, 0.2) is 5.03 Å². The second-order valence-corrected chi connectivity index (χ2v) is 4.87. The molecular weight excluding hydrogens is 296 g/mol. The van der Waals surface area contributed by atoms with E-state index in [-0.39, 0.29) is 22.2 Å². The van der Waals surface area contributed by atoms with Crippen LogP contribution in [0.15, 0.2) is 46.3 Å². The lowest BCUT2D eigenvalue weighted by molar-refractivity contribution is -0.388. The molecule has 0 bridgehead atoms. The molecular formula is C13H10N2O5S. The Hall–Kier alpha value is -2.61. The first-order valence-corrected chi connectivity index (χ1v) is 6.54. The second-order valence-electron chi connectivity index (χ2n) is 3.84. The first kappa shape index (κ1) is 14.8. The van der Waals surface area contributed by atoms with E-state index in [4.69, 9.17) is 9.84 Å². The Balaban J connectivity index is 2.48. The molecule has 1 aromatic heterocycles. The number of pyridine rings is 1. The lowest BCUT2D eigenvalue weighted by Crippen LogP contribution is -2.00. The van der Waals surface area contributed by atoms with Crippen molar-refractivity contribution in [3.8, 4) is 5.88 Å². The molecule has 1 heterocycles. The van der Waals surface area contributed by atoms with Crippen LogP contribution in [0.2, 0.25) is 0 Å². The maximum Gasteiger partial charge on any atom is 0.336 e. The van der Waals surface area contributed by atoms with Crippen molar-refractivity contribution < 1.29 is 19.6 Å². The van der Waals surface area contributed by atoms with Crippen LogP contribution in [0.1, 0.15) is 10.4 Å². The van der Waals surface area contributed by atoms with E-state index in [0.717, 1.165) is 11.8 Å². The zero-order chi connectivity index (χ0) is 15.4. The number of nitrogens with zero attached hydrogens (tertiary/aromatic N) is 2. The van der Waals surface area contributed by atoms with E-state index >= 15 is 0 Å². The third kappa shape index (κ3) is 3.29. The van der Waals surface area contributed by atoms with Crippen LogP contribution in [-0.4, -0.2) is 28.1 Å². The van der Waals surface area contributed by atoms with Crippen LogP contribution in [0.3, 0.4) is 0 Å². The topological polar surface area (TPSA) is 103 Å². The Morgan fingerprint density at radius 1 is 1.33 bits per heavy atom. The van der Waals surface area contributed by atoms with Crippen molar-refractivity contribution in [2.75, 3.05) is 7.11 Å². The summed E-state index contributed by atoms with van der Waals surface area (Å²) in [5, 5.41) is 20.2. The molecule has 0 atom stereocenters. The van der Waals surface area contributed by atoms with Crippen molar-refractivity contribution in [2.45, 2.75) is 9.92 Å². The average molecular weight is 306 g/mol. The second kappa shape index (κ2) is 6.23. The summed E-state index contributed by atoms with van der Waals surface area (Å²) in [6.07, 6.45) is 0. The van der Waals surface area contributed by atoms with E-state index < -0.39 is 10.9 Å². The molecule has 2 aromatic rings. The van der Waals surface area contributed by atoms with E-state index in [1.165, 1.54) is 25.3 Å². The summed E-state index contributed by atoms with van der Waals surface area (Å²) >= 11 is 0.913. The molecule has 0 saturated carbocycles. The van der Waals surface area contributed by atoms with Crippen LogP contribution in [0.25, 0.3) is 0 Å². The fourth-order valence-electron chi connectivity index (χ4n) is 1.58. The Labute approximate surface area is 123 Å². The third-order valence-corrected chi connectivity index (χ3v) is 3.61. The van der Waals surface area contributed by atoms with Crippen molar-refractivity contribution >= 4 is 23.4 Å². The smallest absolute Gasteiger partial charge is 0.336 e. The normalized spacial score (nSPS) is 10.1. The Bertz CT molecular complexity index is 705. The highest BCUT2D eigenvalue weighted by Gasteiger charge is 2.20. The maximum atomic E-state index is 11.2. The monoisotopic (exact) mass is 306 g/mol. The van der Waals surface area contributed by atoms with E-state index in [1.807, 2.05) is 0 Å². The van der Waals surface area contributed by atoms with Gasteiger partial charge in [-0.1, -0.05) is 23.9 Å². The highest BCUT2D eigenvalue weighted by Crippen LogP contribution is 2.36. The third-order valence-electron chi connectivity index (χ3n) is 2.54. The van der Waals surface area contributed by atoms with Crippen LogP contribution in [0, 0.1) is 10.1 Å². The summed E-state index contributed by atoms with van der Waals surface area (Å²) in [6, 6.07) is 8.89. The molecule has 0 unspecified atom stereocenters. The van der Waals surface area contributed by atoms with Gasteiger partial charge in [-0.2, -0.15) is 4.98 Å². The van der Waals surface area contributed by atoms with E-state index in [0.29, 0.717) is 4.90 Å². The molecule has 1 N–H and O–H groups in total. The average Bonchev–Trinajstić information content (AvgIpc) is 2.47. The van der Waals surface area contributed by atoms with Crippen molar-refractivity contribution in [3.05, 3.63) is 52.1 Å². The van der Waals surface area contributed by atoms with Gasteiger partial charge in [-0.25, -0.2) is 4.79 Å². The lowest BCUT2D eigenvalue weighted by atomic mass is 10.2. The van der Waals surface area contributed by atoms with E-state index in [9.17, 15) is 14.9 Å². The molecule has 7 nitrogen and oxygen atoms in total. The van der Waals surface area contributed by atoms with Crippen LogP contribution >= 0.6 is 11.8 Å². The van der Waals surface area contributed by atoms with Gasteiger partial charge in [-0.05, 0) is 12.1 Å². The van der Waals surface area contributed by atoms with Gasteiger partial charge in [-0.3, -0.25) is 10.1 Å². The van der Waals surface area contributed by atoms with Gasteiger partial charge in [0.05, 0.1) is 17.6 Å². The number of benzene rings is 1. The summed E-state index contributed by atoms with van der Waals surface area (Å²) in [6.45, 7) is 0. The van der Waals surface area contributed by atoms with Gasteiger partial charge >= 0.3 is 11.7 Å². The highest BCUT2D eigenvalue weighted by molar-refractivity contribution is 7.99. The zero-order valence-corrected chi connectivity index (χ0v) is 11.7. The molecule has 108 valence electrons. The molecule has 0 aliphatic carbocycles. The number of hydrogen-bond acceptors (Lipinski definition) is 6. The molecule has 8 heteroatoms. The number of hydrogen-bond donors (Lipinski definition) is 1. The summed E-state index contributed by atoms with van der Waals surface area (Å²) in [7, 11) is 1.40. The molecule has 2 rings (SSSR count). The number of carbonyl (C=O) groups is 1. The Kier molecular flexibility index (Phi) is 4.39. The van der Waals surface area contributed by atoms with E-state index in [1.54, 1.807) is 18.2 Å². The molecule has 0 spiro atoms. The number of aromatic carboxylic acids is 1. The largest absolute Gasteiger partial charge is 0.481 e. The van der Waals surface area contributed by atoms with E-state index in [2.05, 4.69) is 4.98 Å². The van der Waals surface area contributed by atoms with Crippen molar-refractivity contribution in [1.82, 2.24) is 4.98 Å². The highest BCUT2D eigenvalue weighted by atomic mass is 32.2. The van der Waals surface area contributed by atoms with Crippen molar-refractivity contribution in [1.29, 1.82) is 0 Å². The summed E-state index contributed by atoms with van der Waals surface area (Å²) < 4.78 is 4.94. The number of nitro groups is 1. The molecule has 0 radical (unpaired) electrons. The summed E-state index contributed by atoms with van der Waals surface area (Å²) in [5.74, 6) is -0.889. The number of carboxylic acid groups (broad SMARTS) is 1. The van der Waals surface area contributed by atoms with Gasteiger partial charge in [-0.15, -0.1) is 0 Å². The molecule has 0 aliphatic rings. The quantitative estimate of drug-likeness (QED) is 0.669. The SMILES string of the molecule is COc1ccc([N+](=O)[O-])c(Sc2ccccc2C(=O)O)n1. The van der Waals surface area contributed by atoms with Crippen molar-refractivity contribution in [3.63, 3.8) is 0 Å². The summed E-state index contributed by atoms with van der Waals surface area (Å²) in [5.41, 5.74) is -0.151. The number of ether oxygens (including phenoxy) is 1. The minimum atomic E-state index is -1.11. The molecule has 0 fully saturated rings. The number of aromatic nitrogens is 1. The van der Waals surface area contributed by atoms with Gasteiger partial charge in [0, 0.05) is 17.0 Å². The van der Waals surface area contributed by atoms with Crippen molar-refractivity contribution in [2.24, 2.45) is 0 Å². The van der Waals surface area contributed by atoms with Crippen LogP contribution in [-0.2, 0) is 0 Å². The maximum absolute atomic E-state index is 11.2. The summed E-state index contributed by atoms with van der Waals surface area (Å²) in [4.78, 5) is 26.0. The number of rotatable bonds is 5. The standard InChI is InChI=1S/C13H10N2O5S/c1-20-11-7-6-9(15(18)19)12(14-11)21-10-5-3-2-4-8(10)13(16)17/h2-7H,1H3,(H,16,17). The molecule has 0 amide bonds. The van der Waals surface area contributed by atoms with Gasteiger partial charge in [0.2, 0.25) is 5.88 Å². The van der Waals surface area contributed by atoms with Gasteiger partial charge in [0.25, 0.3) is 0 Å². The minimum absolute atomic E-state index is 0.0569. The molecule has 1 aromatic carbocycles. The lowest BCUT2D eigenvalue weighted by Gasteiger charge is -2.06. The van der Waals surface area contributed by atoms with Crippen LogP contribution in [0.5, 0.6) is 5.88 Å². The zero-order valence-electron chi connectivity index (χ0n) is 10.8. The predicted molar refractivity (Wildman–Crippen MR) is 75.0 cm³/mol. The van der Waals surface area contributed by atoms with Gasteiger partial charge in [0.1, 0.15) is 0 Å². The molecule has 0 aliphatic heterocycles. The minimum Gasteiger partial charge on any atom is -0.481 e. The Morgan fingerprint density at radius 3 is 2.67 bits per heavy atom. The first-order valence-electron chi connectivity index (χ1n) is 5.72. The molecule has 21 heavy (non-hydrogen) atoms. The van der Waals surface area contributed by atoms with Gasteiger partial charge < -0.3 is 9.84 Å². The number of carboxylic acids is 1.